The van der Waals surface area contributed by atoms with Gasteiger partial charge < -0.3 is 29.7 Å². The van der Waals surface area contributed by atoms with E-state index in [1.807, 2.05) is 0 Å². The van der Waals surface area contributed by atoms with Gasteiger partial charge in [-0.05, 0) is 31.6 Å². The van der Waals surface area contributed by atoms with Gasteiger partial charge in [0.25, 0.3) is 0 Å². The van der Waals surface area contributed by atoms with E-state index in [1.54, 1.807) is 17.0 Å². The molecule has 0 radical (unpaired) electrons. The number of urea groups is 1. The number of methoxy groups -OCH3 is 3. The van der Waals surface area contributed by atoms with Crippen LogP contribution in [0.5, 0.6) is 17.2 Å². The molecule has 1 aliphatic carbocycles. The summed E-state index contributed by atoms with van der Waals surface area (Å²) >= 11 is 0. The van der Waals surface area contributed by atoms with E-state index in [0.29, 0.717) is 54.4 Å². The Hall–Kier alpha value is -2.64. The molecule has 28 heavy (non-hydrogen) atoms. The van der Waals surface area contributed by atoms with Crippen LogP contribution in [0.1, 0.15) is 32.1 Å². The molecule has 1 aromatic rings. The Labute approximate surface area is 165 Å². The van der Waals surface area contributed by atoms with Gasteiger partial charge in [0.05, 0.1) is 27.0 Å². The van der Waals surface area contributed by atoms with Gasteiger partial charge in [0.15, 0.2) is 11.5 Å². The maximum atomic E-state index is 12.6. The van der Waals surface area contributed by atoms with Crippen LogP contribution in [0.4, 0.5) is 10.5 Å². The SMILES string of the molecule is COc1cc(NC(=O)N2CCC(CC(=O)NC3CC3)CC2)cc(OC)c1OC. The topological polar surface area (TPSA) is 89.1 Å². The number of ether oxygens (including phenoxy) is 3. The van der Waals surface area contributed by atoms with Crippen molar-refractivity contribution < 1.29 is 23.8 Å². The van der Waals surface area contributed by atoms with Crippen LogP contribution in [0.25, 0.3) is 0 Å². The number of benzene rings is 1. The lowest BCUT2D eigenvalue weighted by Gasteiger charge is -2.31. The first kappa shape index (κ1) is 20.1. The Morgan fingerprint density at radius 3 is 2.11 bits per heavy atom. The van der Waals surface area contributed by atoms with Crippen molar-refractivity contribution in [2.24, 2.45) is 5.92 Å². The highest BCUT2D eigenvalue weighted by Gasteiger charge is 2.28. The summed E-state index contributed by atoms with van der Waals surface area (Å²) in [7, 11) is 4.60. The van der Waals surface area contributed by atoms with Crippen LogP contribution in [0.15, 0.2) is 12.1 Å². The van der Waals surface area contributed by atoms with Crippen molar-refractivity contribution >= 4 is 17.6 Å². The Morgan fingerprint density at radius 2 is 1.61 bits per heavy atom. The van der Waals surface area contributed by atoms with Gasteiger partial charge in [0.1, 0.15) is 0 Å². The van der Waals surface area contributed by atoms with E-state index in [4.69, 9.17) is 14.2 Å². The number of nitrogens with one attached hydrogen (secondary N) is 2. The van der Waals surface area contributed by atoms with E-state index >= 15 is 0 Å². The highest BCUT2D eigenvalue weighted by molar-refractivity contribution is 5.90. The predicted molar refractivity (Wildman–Crippen MR) is 105 cm³/mol. The molecule has 2 N–H and O–H groups in total. The molecule has 0 bridgehead atoms. The summed E-state index contributed by atoms with van der Waals surface area (Å²) < 4.78 is 15.9. The van der Waals surface area contributed by atoms with Gasteiger partial charge in [-0.2, -0.15) is 0 Å². The van der Waals surface area contributed by atoms with Crippen molar-refractivity contribution in [2.75, 3.05) is 39.7 Å². The van der Waals surface area contributed by atoms with Crippen LogP contribution in [-0.2, 0) is 4.79 Å². The van der Waals surface area contributed by atoms with Gasteiger partial charge in [0.2, 0.25) is 11.7 Å². The fraction of sp³-hybridized carbons (Fsp3) is 0.600. The molecule has 0 spiro atoms. The third-order valence-electron chi connectivity index (χ3n) is 5.23. The number of likely N-dealkylation sites (tertiary alicyclic amines) is 1. The zero-order valence-electron chi connectivity index (χ0n) is 16.7. The van der Waals surface area contributed by atoms with Crippen LogP contribution in [0, 0.1) is 5.92 Å². The molecule has 2 fully saturated rings. The Morgan fingerprint density at radius 1 is 1.00 bits per heavy atom. The normalized spacial score (nSPS) is 17.0. The Balaban J connectivity index is 1.53. The van der Waals surface area contributed by atoms with E-state index in [9.17, 15) is 9.59 Å². The number of nitrogens with zero attached hydrogens (tertiary/aromatic N) is 1. The van der Waals surface area contributed by atoms with Crippen LogP contribution in [0.2, 0.25) is 0 Å². The van der Waals surface area contributed by atoms with Crippen LogP contribution >= 0.6 is 0 Å². The first-order valence-electron chi connectivity index (χ1n) is 9.69. The number of piperidine rings is 1. The highest BCUT2D eigenvalue weighted by Crippen LogP contribution is 2.40. The quantitative estimate of drug-likeness (QED) is 0.746. The molecule has 1 aliphatic heterocycles. The van der Waals surface area contributed by atoms with Crippen LogP contribution < -0.4 is 24.8 Å². The average Bonchev–Trinajstić information content (AvgIpc) is 3.51. The number of hydrogen-bond donors (Lipinski definition) is 2. The van der Waals surface area contributed by atoms with E-state index in [-0.39, 0.29) is 11.9 Å². The van der Waals surface area contributed by atoms with Crippen molar-refractivity contribution in [3.63, 3.8) is 0 Å². The molecule has 2 aliphatic rings. The molecule has 0 aromatic heterocycles. The largest absolute Gasteiger partial charge is 0.493 e. The highest BCUT2D eigenvalue weighted by atomic mass is 16.5. The maximum Gasteiger partial charge on any atom is 0.321 e. The molecule has 1 aromatic carbocycles. The summed E-state index contributed by atoms with van der Waals surface area (Å²) in [5.74, 6) is 1.93. The molecule has 8 nitrogen and oxygen atoms in total. The summed E-state index contributed by atoms with van der Waals surface area (Å²) in [6.45, 7) is 1.27. The summed E-state index contributed by atoms with van der Waals surface area (Å²) in [4.78, 5) is 26.4. The smallest absolute Gasteiger partial charge is 0.321 e. The molecule has 3 amide bonds. The summed E-state index contributed by atoms with van der Waals surface area (Å²) in [5.41, 5.74) is 0.574. The molecule has 1 saturated carbocycles. The minimum atomic E-state index is -0.171. The fourth-order valence-electron chi connectivity index (χ4n) is 3.47. The molecule has 8 heteroatoms. The second-order valence-electron chi connectivity index (χ2n) is 7.32. The summed E-state index contributed by atoms with van der Waals surface area (Å²) in [5, 5.41) is 5.93. The van der Waals surface area contributed by atoms with Gasteiger partial charge in [-0.1, -0.05) is 0 Å². The van der Waals surface area contributed by atoms with Crippen molar-refractivity contribution in [1.29, 1.82) is 0 Å². The lowest BCUT2D eigenvalue weighted by atomic mass is 9.93. The molecule has 0 atom stereocenters. The summed E-state index contributed by atoms with van der Waals surface area (Å²) in [6.07, 6.45) is 4.43. The molecule has 0 unspecified atom stereocenters. The van der Waals surface area contributed by atoms with E-state index in [2.05, 4.69) is 10.6 Å². The monoisotopic (exact) mass is 391 g/mol. The number of amides is 3. The number of carbonyl (C=O) groups is 2. The van der Waals surface area contributed by atoms with E-state index in [1.165, 1.54) is 21.3 Å². The number of hydrogen-bond acceptors (Lipinski definition) is 5. The number of anilines is 1. The first-order chi connectivity index (χ1) is 13.5. The fourth-order valence-corrected chi connectivity index (χ4v) is 3.47. The number of carbonyl (C=O) groups excluding carboxylic acids is 2. The van der Waals surface area contributed by atoms with Gasteiger partial charge in [-0.25, -0.2) is 4.79 Å². The molecule has 3 rings (SSSR count). The lowest BCUT2D eigenvalue weighted by molar-refractivity contribution is -0.122. The summed E-state index contributed by atoms with van der Waals surface area (Å²) in [6, 6.07) is 3.63. The van der Waals surface area contributed by atoms with E-state index in [0.717, 1.165) is 25.7 Å². The molecule has 1 heterocycles. The van der Waals surface area contributed by atoms with Crippen molar-refractivity contribution in [3.05, 3.63) is 12.1 Å². The standard InChI is InChI=1S/C20H29N3O5/c1-26-16-11-15(12-17(27-2)19(16)28-3)22-20(25)23-8-6-13(7-9-23)10-18(24)21-14-4-5-14/h11-14H,4-10H2,1-3H3,(H,21,24)(H,22,25). The minimum Gasteiger partial charge on any atom is -0.493 e. The third-order valence-corrected chi connectivity index (χ3v) is 5.23. The predicted octanol–water partition coefficient (Wildman–Crippen LogP) is 2.63. The van der Waals surface area contributed by atoms with Gasteiger partial charge in [0, 0.05) is 37.7 Å². The second-order valence-corrected chi connectivity index (χ2v) is 7.32. The minimum absolute atomic E-state index is 0.142. The van der Waals surface area contributed by atoms with Gasteiger partial charge >= 0.3 is 6.03 Å². The molecular weight excluding hydrogens is 362 g/mol. The maximum absolute atomic E-state index is 12.6. The van der Waals surface area contributed by atoms with Crippen molar-refractivity contribution in [1.82, 2.24) is 10.2 Å². The zero-order chi connectivity index (χ0) is 20.1. The van der Waals surface area contributed by atoms with Crippen LogP contribution in [-0.4, -0.2) is 57.3 Å². The Bertz CT molecular complexity index is 687. The third kappa shape index (κ3) is 4.99. The zero-order valence-corrected chi connectivity index (χ0v) is 16.7. The Kier molecular flexibility index (Phi) is 6.49. The second kappa shape index (κ2) is 9.03. The first-order valence-corrected chi connectivity index (χ1v) is 9.69. The van der Waals surface area contributed by atoms with Crippen molar-refractivity contribution in [2.45, 2.75) is 38.1 Å². The van der Waals surface area contributed by atoms with Crippen molar-refractivity contribution in [3.8, 4) is 17.2 Å². The molecular formula is C20H29N3O5. The molecule has 1 saturated heterocycles. The van der Waals surface area contributed by atoms with Gasteiger partial charge in [-0.15, -0.1) is 0 Å². The average molecular weight is 391 g/mol. The lowest BCUT2D eigenvalue weighted by Crippen LogP contribution is -2.42. The van der Waals surface area contributed by atoms with Gasteiger partial charge in [-0.3, -0.25) is 4.79 Å². The van der Waals surface area contributed by atoms with Crippen LogP contribution in [0.3, 0.4) is 0 Å². The molecule has 154 valence electrons. The van der Waals surface area contributed by atoms with E-state index < -0.39 is 0 Å². The number of rotatable bonds is 7.